The first-order valence-corrected chi connectivity index (χ1v) is 8.55. The Morgan fingerprint density at radius 2 is 2.22 bits per heavy atom. The van der Waals surface area contributed by atoms with Crippen LogP contribution in [-0.2, 0) is 4.79 Å². The Kier molecular flexibility index (Phi) is 4.63. The topological polar surface area (TPSA) is 58.4 Å². The number of nitrogens with zero attached hydrogens (tertiary/aromatic N) is 2. The van der Waals surface area contributed by atoms with Crippen molar-refractivity contribution in [2.45, 2.75) is 27.2 Å². The highest BCUT2D eigenvalue weighted by Crippen LogP contribution is 2.24. The maximum Gasteiger partial charge on any atom is 0.240 e. The number of hydrogen-bond acceptors (Lipinski definition) is 5. The van der Waals surface area contributed by atoms with Gasteiger partial charge in [0.25, 0.3) is 0 Å². The third-order valence-electron chi connectivity index (χ3n) is 3.99. The summed E-state index contributed by atoms with van der Waals surface area (Å²) in [4.78, 5) is 19.7. The standard InChI is InChI=1S/C17H21N3O2S/c1-11-4-5-15(22-11)14-6-8-20(9-7-14)10-16(21)19-17-18-12(2)13(3)23-17/h4-6H,7-10H2,1-3H3,(H,18,19,21). The molecule has 1 aliphatic heterocycles. The van der Waals surface area contributed by atoms with E-state index in [1.807, 2.05) is 32.9 Å². The van der Waals surface area contributed by atoms with E-state index in [4.69, 9.17) is 4.42 Å². The van der Waals surface area contributed by atoms with Crippen molar-refractivity contribution in [3.05, 3.63) is 40.3 Å². The minimum Gasteiger partial charge on any atom is -0.462 e. The van der Waals surface area contributed by atoms with E-state index in [9.17, 15) is 4.79 Å². The van der Waals surface area contributed by atoms with Gasteiger partial charge in [-0.25, -0.2) is 4.98 Å². The van der Waals surface area contributed by atoms with E-state index < -0.39 is 0 Å². The van der Waals surface area contributed by atoms with Crippen LogP contribution in [0.2, 0.25) is 0 Å². The summed E-state index contributed by atoms with van der Waals surface area (Å²) in [5.74, 6) is 1.86. The van der Waals surface area contributed by atoms with E-state index in [0.717, 1.165) is 41.6 Å². The normalized spacial score (nSPS) is 15.5. The van der Waals surface area contributed by atoms with Crippen molar-refractivity contribution in [2.24, 2.45) is 0 Å². The highest BCUT2D eigenvalue weighted by molar-refractivity contribution is 7.15. The summed E-state index contributed by atoms with van der Waals surface area (Å²) in [7, 11) is 0. The van der Waals surface area contributed by atoms with E-state index in [2.05, 4.69) is 21.3 Å². The monoisotopic (exact) mass is 331 g/mol. The predicted molar refractivity (Wildman–Crippen MR) is 92.7 cm³/mol. The van der Waals surface area contributed by atoms with Crippen molar-refractivity contribution in [3.63, 3.8) is 0 Å². The van der Waals surface area contributed by atoms with Gasteiger partial charge in [-0.15, -0.1) is 11.3 Å². The fraction of sp³-hybridized carbons (Fsp3) is 0.412. The van der Waals surface area contributed by atoms with Gasteiger partial charge in [0, 0.05) is 18.0 Å². The molecule has 0 atom stereocenters. The van der Waals surface area contributed by atoms with Gasteiger partial charge in [0.1, 0.15) is 11.5 Å². The van der Waals surface area contributed by atoms with Crippen LogP contribution in [0.5, 0.6) is 0 Å². The number of rotatable bonds is 4. The quantitative estimate of drug-likeness (QED) is 0.933. The van der Waals surface area contributed by atoms with Crippen LogP contribution >= 0.6 is 11.3 Å². The summed E-state index contributed by atoms with van der Waals surface area (Å²) >= 11 is 1.52. The summed E-state index contributed by atoms with van der Waals surface area (Å²) < 4.78 is 5.66. The molecule has 1 aliphatic rings. The largest absolute Gasteiger partial charge is 0.462 e. The molecular weight excluding hydrogens is 310 g/mol. The van der Waals surface area contributed by atoms with Crippen molar-refractivity contribution in [3.8, 4) is 0 Å². The highest BCUT2D eigenvalue weighted by atomic mass is 32.1. The average molecular weight is 331 g/mol. The third kappa shape index (κ3) is 3.89. The SMILES string of the molecule is Cc1ccc(C2=CCN(CC(=O)Nc3nc(C)c(C)s3)CC2)o1. The molecule has 0 radical (unpaired) electrons. The summed E-state index contributed by atoms with van der Waals surface area (Å²) in [5.41, 5.74) is 2.20. The molecule has 0 saturated heterocycles. The second-order valence-corrected chi connectivity index (χ2v) is 7.04. The second-order valence-electron chi connectivity index (χ2n) is 5.83. The molecule has 122 valence electrons. The highest BCUT2D eigenvalue weighted by Gasteiger charge is 2.18. The maximum absolute atomic E-state index is 12.1. The molecule has 0 fully saturated rings. The number of furan rings is 1. The fourth-order valence-corrected chi connectivity index (χ4v) is 3.40. The van der Waals surface area contributed by atoms with Crippen LogP contribution in [0.15, 0.2) is 22.6 Å². The molecular formula is C17H21N3O2S. The van der Waals surface area contributed by atoms with Gasteiger partial charge in [-0.05, 0) is 44.9 Å². The lowest BCUT2D eigenvalue weighted by Gasteiger charge is -2.24. The van der Waals surface area contributed by atoms with Crippen LogP contribution < -0.4 is 5.32 Å². The fourth-order valence-electron chi connectivity index (χ4n) is 2.57. The molecule has 6 heteroatoms. The molecule has 0 spiro atoms. The lowest BCUT2D eigenvalue weighted by atomic mass is 10.1. The zero-order valence-electron chi connectivity index (χ0n) is 13.7. The molecule has 23 heavy (non-hydrogen) atoms. The molecule has 1 amide bonds. The Bertz CT molecular complexity index is 725. The molecule has 0 aromatic carbocycles. The zero-order valence-corrected chi connectivity index (χ0v) is 14.5. The average Bonchev–Trinajstić information content (AvgIpc) is 3.06. The lowest BCUT2D eigenvalue weighted by molar-refractivity contribution is -0.117. The van der Waals surface area contributed by atoms with E-state index in [1.54, 1.807) is 0 Å². The third-order valence-corrected chi connectivity index (χ3v) is 4.98. The summed E-state index contributed by atoms with van der Waals surface area (Å²) in [5, 5.41) is 3.57. The van der Waals surface area contributed by atoms with Gasteiger partial charge in [0.2, 0.25) is 5.91 Å². The predicted octanol–water partition coefficient (Wildman–Crippen LogP) is 3.39. The molecule has 1 N–H and O–H groups in total. The van der Waals surface area contributed by atoms with Crippen molar-refractivity contribution in [1.82, 2.24) is 9.88 Å². The summed E-state index contributed by atoms with van der Waals surface area (Å²) in [6.07, 6.45) is 3.04. The number of carbonyl (C=O) groups is 1. The van der Waals surface area contributed by atoms with Crippen molar-refractivity contribution in [1.29, 1.82) is 0 Å². The Morgan fingerprint density at radius 1 is 1.39 bits per heavy atom. The number of anilines is 1. The number of amides is 1. The molecule has 0 unspecified atom stereocenters. The number of carbonyl (C=O) groups excluding carboxylic acids is 1. The molecule has 0 aliphatic carbocycles. The van der Waals surface area contributed by atoms with Crippen molar-refractivity contribution in [2.75, 3.05) is 25.0 Å². The molecule has 0 bridgehead atoms. The van der Waals surface area contributed by atoms with Crippen LogP contribution in [0.3, 0.4) is 0 Å². The van der Waals surface area contributed by atoms with Crippen molar-refractivity contribution < 1.29 is 9.21 Å². The minimum atomic E-state index is -0.00977. The van der Waals surface area contributed by atoms with Crippen LogP contribution in [0, 0.1) is 20.8 Å². The first-order chi connectivity index (χ1) is 11.0. The number of nitrogens with one attached hydrogen (secondary N) is 1. The summed E-state index contributed by atoms with van der Waals surface area (Å²) in [6, 6.07) is 3.99. The second kappa shape index (κ2) is 6.68. The van der Waals surface area contributed by atoms with Gasteiger partial charge in [0.15, 0.2) is 5.13 Å². The zero-order chi connectivity index (χ0) is 16.4. The van der Waals surface area contributed by atoms with Gasteiger partial charge in [0.05, 0.1) is 12.2 Å². The van der Waals surface area contributed by atoms with Crippen molar-refractivity contribution >= 4 is 27.9 Å². The van der Waals surface area contributed by atoms with Crippen LogP contribution in [0.4, 0.5) is 5.13 Å². The minimum absolute atomic E-state index is 0.00977. The number of thiazole rings is 1. The number of aryl methyl sites for hydroxylation is 3. The molecule has 3 heterocycles. The van der Waals surface area contributed by atoms with Crippen LogP contribution in [0.1, 0.15) is 28.5 Å². The van der Waals surface area contributed by atoms with E-state index in [-0.39, 0.29) is 5.91 Å². The van der Waals surface area contributed by atoms with Gasteiger partial charge < -0.3 is 9.73 Å². The van der Waals surface area contributed by atoms with Gasteiger partial charge in [-0.2, -0.15) is 0 Å². The molecule has 2 aromatic rings. The Labute approximate surface area is 140 Å². The lowest BCUT2D eigenvalue weighted by Crippen LogP contribution is -2.36. The maximum atomic E-state index is 12.1. The molecule has 2 aromatic heterocycles. The van der Waals surface area contributed by atoms with Gasteiger partial charge in [-0.3, -0.25) is 9.69 Å². The van der Waals surface area contributed by atoms with Crippen LogP contribution in [-0.4, -0.2) is 35.4 Å². The smallest absolute Gasteiger partial charge is 0.240 e. The Balaban J connectivity index is 1.53. The van der Waals surface area contributed by atoms with Gasteiger partial charge >= 0.3 is 0 Å². The molecule has 0 saturated carbocycles. The molecule has 5 nitrogen and oxygen atoms in total. The number of aromatic nitrogens is 1. The molecule has 3 rings (SSSR count). The first kappa shape index (κ1) is 16.0. The van der Waals surface area contributed by atoms with Crippen LogP contribution in [0.25, 0.3) is 5.57 Å². The van der Waals surface area contributed by atoms with E-state index in [1.165, 1.54) is 16.9 Å². The first-order valence-electron chi connectivity index (χ1n) is 7.73. The Hall–Kier alpha value is -1.92. The van der Waals surface area contributed by atoms with Gasteiger partial charge in [-0.1, -0.05) is 6.08 Å². The van der Waals surface area contributed by atoms with E-state index in [0.29, 0.717) is 11.7 Å². The Morgan fingerprint density at radius 3 is 2.78 bits per heavy atom. The summed E-state index contributed by atoms with van der Waals surface area (Å²) in [6.45, 7) is 7.92. The van der Waals surface area contributed by atoms with E-state index >= 15 is 0 Å². The number of hydrogen-bond donors (Lipinski definition) is 1.